The molecular weight excluding hydrogens is 430 g/mol. The van der Waals surface area contributed by atoms with Gasteiger partial charge in [-0.15, -0.1) is 10.2 Å². The van der Waals surface area contributed by atoms with Gasteiger partial charge in [-0.25, -0.2) is 0 Å². The van der Waals surface area contributed by atoms with Crippen LogP contribution in [0.15, 0.2) is 59.8 Å². The molecule has 1 aliphatic heterocycles. The van der Waals surface area contributed by atoms with Gasteiger partial charge in [-0.1, -0.05) is 72.2 Å². The summed E-state index contributed by atoms with van der Waals surface area (Å²) in [5.41, 5.74) is 1.80. The molecule has 1 aromatic heterocycles. The van der Waals surface area contributed by atoms with Gasteiger partial charge in [0.2, 0.25) is 5.91 Å². The first-order chi connectivity index (χ1) is 15.2. The van der Waals surface area contributed by atoms with E-state index in [1.807, 2.05) is 30.3 Å². The van der Waals surface area contributed by atoms with Gasteiger partial charge in [0.05, 0.1) is 29.6 Å². The molecule has 2 heterocycles. The van der Waals surface area contributed by atoms with Crippen molar-refractivity contribution in [1.82, 2.24) is 19.7 Å². The minimum absolute atomic E-state index is 0.120. The summed E-state index contributed by atoms with van der Waals surface area (Å²) in [4.78, 5) is 14.9. The number of carbonyl (C=O) groups is 1. The number of benzene rings is 2. The molecule has 1 aliphatic rings. The summed E-state index contributed by atoms with van der Waals surface area (Å²) in [6.45, 7) is 3.67. The predicted octanol–water partition coefficient (Wildman–Crippen LogP) is 4.70. The topological polar surface area (TPSA) is 63.1 Å². The van der Waals surface area contributed by atoms with Crippen LogP contribution in [0.5, 0.6) is 0 Å². The standard InChI is InChI=1S/C23H26ClN5OS/c24-19-11-5-6-12-20(19)25-22(30)17-31-23-27-26-21(16-28-13-7-2-8-14-28)29(23)15-18-9-3-1-4-10-18/h1,3-6,9-12H,2,7-8,13-17H2,(H,25,30). The molecule has 1 fully saturated rings. The number of anilines is 1. The van der Waals surface area contributed by atoms with Crippen LogP contribution >= 0.6 is 23.4 Å². The number of rotatable bonds is 8. The molecule has 1 amide bonds. The van der Waals surface area contributed by atoms with E-state index in [0.29, 0.717) is 17.3 Å². The number of likely N-dealkylation sites (tertiary alicyclic amines) is 1. The summed E-state index contributed by atoms with van der Waals surface area (Å²) >= 11 is 7.54. The molecule has 0 atom stereocenters. The van der Waals surface area contributed by atoms with Crippen LogP contribution in [0.2, 0.25) is 5.02 Å². The lowest BCUT2D eigenvalue weighted by atomic mass is 10.1. The second-order valence-corrected chi connectivity index (χ2v) is 8.97. The molecular formula is C23H26ClN5OS. The SMILES string of the molecule is O=C(CSc1nnc(CN2CCCCC2)n1Cc1ccccc1)Nc1ccccc1Cl. The van der Waals surface area contributed by atoms with Crippen LogP contribution in [-0.2, 0) is 17.9 Å². The number of para-hydroxylation sites is 1. The molecule has 0 unspecified atom stereocenters. The Morgan fingerprint density at radius 2 is 1.71 bits per heavy atom. The Morgan fingerprint density at radius 1 is 0.968 bits per heavy atom. The molecule has 4 rings (SSSR count). The molecule has 2 aromatic carbocycles. The fourth-order valence-electron chi connectivity index (χ4n) is 3.66. The quantitative estimate of drug-likeness (QED) is 0.499. The van der Waals surface area contributed by atoms with Gasteiger partial charge in [-0.3, -0.25) is 9.69 Å². The third-order valence-electron chi connectivity index (χ3n) is 5.27. The lowest BCUT2D eigenvalue weighted by molar-refractivity contribution is -0.113. The molecule has 1 saturated heterocycles. The number of halogens is 1. The Labute approximate surface area is 192 Å². The van der Waals surface area contributed by atoms with E-state index >= 15 is 0 Å². The summed E-state index contributed by atoms with van der Waals surface area (Å²) < 4.78 is 2.14. The van der Waals surface area contributed by atoms with Crippen molar-refractivity contribution in [3.63, 3.8) is 0 Å². The Morgan fingerprint density at radius 3 is 2.48 bits per heavy atom. The smallest absolute Gasteiger partial charge is 0.234 e. The molecule has 0 spiro atoms. The highest BCUT2D eigenvalue weighted by Gasteiger charge is 2.19. The Hall–Kier alpha value is -2.35. The first-order valence-electron chi connectivity index (χ1n) is 10.5. The van der Waals surface area contributed by atoms with Crippen molar-refractivity contribution in [2.45, 2.75) is 37.5 Å². The largest absolute Gasteiger partial charge is 0.324 e. The maximum Gasteiger partial charge on any atom is 0.234 e. The van der Waals surface area contributed by atoms with Crippen molar-refractivity contribution in [3.8, 4) is 0 Å². The first-order valence-corrected chi connectivity index (χ1v) is 11.9. The van der Waals surface area contributed by atoms with Gasteiger partial charge in [0.1, 0.15) is 5.82 Å². The molecule has 3 aromatic rings. The van der Waals surface area contributed by atoms with E-state index in [4.69, 9.17) is 11.6 Å². The third-order valence-corrected chi connectivity index (χ3v) is 6.57. The number of thioether (sulfide) groups is 1. The van der Waals surface area contributed by atoms with Gasteiger partial charge in [0.25, 0.3) is 0 Å². The van der Waals surface area contributed by atoms with Crippen LogP contribution in [0.25, 0.3) is 0 Å². The van der Waals surface area contributed by atoms with E-state index in [0.717, 1.165) is 30.6 Å². The zero-order valence-electron chi connectivity index (χ0n) is 17.3. The van der Waals surface area contributed by atoms with Gasteiger partial charge in [0.15, 0.2) is 5.16 Å². The van der Waals surface area contributed by atoms with E-state index < -0.39 is 0 Å². The maximum atomic E-state index is 12.5. The minimum atomic E-state index is -0.120. The number of hydrogen-bond donors (Lipinski definition) is 1. The number of piperidine rings is 1. The highest BCUT2D eigenvalue weighted by atomic mass is 35.5. The van der Waals surface area contributed by atoms with Crippen molar-refractivity contribution in [3.05, 3.63) is 71.0 Å². The van der Waals surface area contributed by atoms with E-state index in [-0.39, 0.29) is 11.7 Å². The zero-order chi connectivity index (χ0) is 21.5. The second-order valence-electron chi connectivity index (χ2n) is 7.62. The van der Waals surface area contributed by atoms with E-state index in [2.05, 4.69) is 37.1 Å². The van der Waals surface area contributed by atoms with E-state index in [1.165, 1.54) is 36.6 Å². The van der Waals surface area contributed by atoms with Gasteiger partial charge < -0.3 is 9.88 Å². The second kappa shape index (κ2) is 10.8. The number of aromatic nitrogens is 3. The summed E-state index contributed by atoms with van der Waals surface area (Å²) in [7, 11) is 0. The molecule has 1 N–H and O–H groups in total. The van der Waals surface area contributed by atoms with Crippen LogP contribution < -0.4 is 5.32 Å². The van der Waals surface area contributed by atoms with Gasteiger partial charge in [-0.05, 0) is 43.6 Å². The van der Waals surface area contributed by atoms with Crippen molar-refractivity contribution in [2.75, 3.05) is 24.2 Å². The highest BCUT2D eigenvalue weighted by molar-refractivity contribution is 7.99. The fraction of sp³-hybridized carbons (Fsp3) is 0.348. The van der Waals surface area contributed by atoms with Crippen LogP contribution in [0.1, 0.15) is 30.7 Å². The average molecular weight is 456 g/mol. The van der Waals surface area contributed by atoms with Gasteiger partial charge in [-0.2, -0.15) is 0 Å². The number of amides is 1. The molecule has 0 aliphatic carbocycles. The monoisotopic (exact) mass is 455 g/mol. The van der Waals surface area contributed by atoms with Crippen LogP contribution in [0.3, 0.4) is 0 Å². The first kappa shape index (κ1) is 21.9. The van der Waals surface area contributed by atoms with E-state index in [1.54, 1.807) is 12.1 Å². The molecule has 0 saturated carbocycles. The Kier molecular flexibility index (Phi) is 7.61. The van der Waals surface area contributed by atoms with Crippen LogP contribution in [0, 0.1) is 0 Å². The van der Waals surface area contributed by atoms with Crippen molar-refractivity contribution < 1.29 is 4.79 Å². The predicted molar refractivity (Wildman–Crippen MR) is 125 cm³/mol. The summed E-state index contributed by atoms with van der Waals surface area (Å²) in [5.74, 6) is 1.06. The third kappa shape index (κ3) is 6.09. The average Bonchev–Trinajstić information content (AvgIpc) is 3.16. The van der Waals surface area contributed by atoms with Gasteiger partial charge in [0, 0.05) is 0 Å². The molecule has 162 valence electrons. The lowest BCUT2D eigenvalue weighted by Gasteiger charge is -2.26. The fourth-order valence-corrected chi connectivity index (χ4v) is 4.60. The molecule has 8 heteroatoms. The highest BCUT2D eigenvalue weighted by Crippen LogP contribution is 2.23. The van der Waals surface area contributed by atoms with Crippen molar-refractivity contribution >= 4 is 35.0 Å². The summed E-state index contributed by atoms with van der Waals surface area (Å²) in [6.07, 6.45) is 3.77. The van der Waals surface area contributed by atoms with Gasteiger partial charge >= 0.3 is 0 Å². The Balaban J connectivity index is 1.46. The molecule has 31 heavy (non-hydrogen) atoms. The number of nitrogens with zero attached hydrogens (tertiary/aromatic N) is 4. The van der Waals surface area contributed by atoms with Crippen molar-refractivity contribution in [1.29, 1.82) is 0 Å². The van der Waals surface area contributed by atoms with Crippen LogP contribution in [-0.4, -0.2) is 44.4 Å². The maximum absolute atomic E-state index is 12.5. The summed E-state index contributed by atoms with van der Waals surface area (Å²) in [5, 5.41) is 13.0. The zero-order valence-corrected chi connectivity index (χ0v) is 18.9. The van der Waals surface area contributed by atoms with Crippen LogP contribution in [0.4, 0.5) is 5.69 Å². The molecule has 0 bridgehead atoms. The number of hydrogen-bond acceptors (Lipinski definition) is 5. The van der Waals surface area contributed by atoms with Crippen molar-refractivity contribution in [2.24, 2.45) is 0 Å². The summed E-state index contributed by atoms with van der Waals surface area (Å²) in [6, 6.07) is 17.5. The normalized spacial score (nSPS) is 14.5. The van der Waals surface area contributed by atoms with E-state index in [9.17, 15) is 4.79 Å². The number of nitrogens with one attached hydrogen (secondary N) is 1. The lowest BCUT2D eigenvalue weighted by Crippen LogP contribution is -2.30. The molecule has 6 nitrogen and oxygen atoms in total. The minimum Gasteiger partial charge on any atom is -0.324 e. The number of carbonyl (C=O) groups excluding carboxylic acids is 1. The Bertz CT molecular complexity index is 1000. The molecule has 0 radical (unpaired) electrons.